The van der Waals surface area contributed by atoms with Crippen LogP contribution in [-0.2, 0) is 0 Å². The summed E-state index contributed by atoms with van der Waals surface area (Å²) in [5.41, 5.74) is 8.01. The molecule has 0 spiro atoms. The Morgan fingerprint density at radius 2 is 0.893 bits per heavy atom. The van der Waals surface area contributed by atoms with E-state index in [9.17, 15) is 5.48 Å². The predicted octanol–water partition coefficient (Wildman–Crippen LogP) is 15.5. The van der Waals surface area contributed by atoms with Crippen LogP contribution < -0.4 is 4.90 Å². The fraction of sp³-hybridized carbons (Fsp3) is 0. The van der Waals surface area contributed by atoms with Crippen molar-refractivity contribution in [2.75, 3.05) is 4.90 Å². The molecule has 0 aliphatic carbocycles. The molecule has 0 radical (unpaired) electrons. The molecule has 0 unspecified atom stereocenters. The van der Waals surface area contributed by atoms with Gasteiger partial charge in [0.05, 0.1) is 16.6 Å². The van der Waals surface area contributed by atoms with Crippen LogP contribution in [0.5, 0.6) is 0 Å². The lowest BCUT2D eigenvalue weighted by molar-refractivity contribution is 0.669. The summed E-state index contributed by atoms with van der Waals surface area (Å²) in [6.45, 7) is 0. The average molecular weight is 718 g/mol. The Hall–Kier alpha value is -7.42. The zero-order chi connectivity index (χ0) is 40.5. The van der Waals surface area contributed by atoms with E-state index in [0.717, 1.165) is 54.8 Å². The van der Waals surface area contributed by atoms with Crippen LogP contribution in [0, 0.1) is 0 Å². The first-order valence-electron chi connectivity index (χ1n) is 20.8. The molecule has 0 aliphatic heterocycles. The van der Waals surface area contributed by atoms with Crippen LogP contribution in [0.1, 0.15) is 5.48 Å². The maximum Gasteiger partial charge on any atom is 0.137 e. The molecule has 0 N–H and O–H groups in total. The van der Waals surface area contributed by atoms with Crippen molar-refractivity contribution in [2.24, 2.45) is 0 Å². The van der Waals surface area contributed by atoms with Crippen molar-refractivity contribution in [1.29, 1.82) is 0 Å². The third-order valence-corrected chi connectivity index (χ3v) is 11.0. The van der Waals surface area contributed by atoms with Gasteiger partial charge in [-0.25, -0.2) is 0 Å². The lowest BCUT2D eigenvalue weighted by Gasteiger charge is -2.26. The molecule has 11 aromatic rings. The second kappa shape index (κ2) is 13.2. The predicted molar refractivity (Wildman–Crippen MR) is 237 cm³/mol. The lowest BCUT2D eigenvalue weighted by Crippen LogP contribution is -2.10. The molecular weight excluding hydrogens is 679 g/mol. The number of hydrogen-bond donors (Lipinski definition) is 0. The molecule has 0 atom stereocenters. The quantitative estimate of drug-likeness (QED) is 0.159. The van der Waals surface area contributed by atoms with Crippen molar-refractivity contribution in [2.45, 2.75) is 0 Å². The number of fused-ring (bicyclic) bond motifs is 7. The van der Waals surface area contributed by atoms with Gasteiger partial charge < -0.3 is 9.32 Å². The highest BCUT2D eigenvalue weighted by atomic mass is 16.3. The second-order valence-corrected chi connectivity index (χ2v) is 14.1. The highest BCUT2D eigenvalue weighted by Crippen LogP contribution is 2.44. The van der Waals surface area contributed by atoms with Crippen LogP contribution in [0.3, 0.4) is 0 Å². The van der Waals surface area contributed by atoms with E-state index in [0.29, 0.717) is 22.5 Å². The molecule has 1 heterocycles. The van der Waals surface area contributed by atoms with Crippen LogP contribution >= 0.6 is 0 Å². The first kappa shape index (κ1) is 28.1. The van der Waals surface area contributed by atoms with E-state index >= 15 is 0 Å². The van der Waals surface area contributed by atoms with Crippen LogP contribution in [-0.4, -0.2) is 0 Å². The van der Waals surface area contributed by atoms with E-state index in [-0.39, 0.29) is 35.4 Å². The Bertz CT molecular complexity index is 3450. The van der Waals surface area contributed by atoms with Gasteiger partial charge in [-0.1, -0.05) is 170 Å². The molecule has 262 valence electrons. The van der Waals surface area contributed by atoms with Crippen LogP contribution in [0.15, 0.2) is 217 Å². The number of rotatable bonds is 6. The van der Waals surface area contributed by atoms with E-state index in [1.165, 1.54) is 16.2 Å². The summed E-state index contributed by atoms with van der Waals surface area (Å²) >= 11 is 0. The summed E-state index contributed by atoms with van der Waals surface area (Å²) in [5, 5.41) is 8.73. The molecular formula is C54H35NO. The standard InChI is InChI=1S/C54H35NO/c1-3-13-44-38(10-1)12-7-16-45(44)40-24-22-36(23-25-40)37-26-31-42(32-27-37)55(51-19-9-21-53-54(51)50-15-5-6-20-52(50)56-53)43-33-28-41(29-34-43)47-17-8-18-48-46-14-4-2-11-39(46)30-35-49(47)48/h1-35H/i26D,27D,31D,32D. The van der Waals surface area contributed by atoms with E-state index in [1.54, 1.807) is 0 Å². The van der Waals surface area contributed by atoms with Gasteiger partial charge >= 0.3 is 0 Å². The van der Waals surface area contributed by atoms with Crippen molar-refractivity contribution < 1.29 is 9.90 Å². The molecule has 0 saturated heterocycles. The molecule has 2 nitrogen and oxygen atoms in total. The van der Waals surface area contributed by atoms with E-state index < -0.39 is 0 Å². The Morgan fingerprint density at radius 1 is 0.339 bits per heavy atom. The monoisotopic (exact) mass is 717 g/mol. The molecule has 10 aromatic carbocycles. The fourth-order valence-electron chi connectivity index (χ4n) is 8.27. The van der Waals surface area contributed by atoms with Crippen molar-refractivity contribution in [3.05, 3.63) is 212 Å². The highest BCUT2D eigenvalue weighted by Gasteiger charge is 2.20. The Labute approximate surface area is 330 Å². The fourth-order valence-corrected chi connectivity index (χ4v) is 8.27. The minimum atomic E-state index is -0.140. The topological polar surface area (TPSA) is 16.4 Å². The Balaban J connectivity index is 1.07. The van der Waals surface area contributed by atoms with Gasteiger partial charge in [-0.3, -0.25) is 0 Å². The number of furan rings is 1. The molecule has 11 rings (SSSR count). The smallest absolute Gasteiger partial charge is 0.137 e. The highest BCUT2D eigenvalue weighted by molar-refractivity contribution is 6.14. The summed E-state index contributed by atoms with van der Waals surface area (Å²) in [6.07, 6.45) is 0. The van der Waals surface area contributed by atoms with Gasteiger partial charge in [-0.2, -0.15) is 0 Å². The number of nitrogens with zero attached hydrogens (tertiary/aromatic N) is 1. The van der Waals surface area contributed by atoms with Gasteiger partial charge in [-0.15, -0.1) is 0 Å². The first-order valence-corrected chi connectivity index (χ1v) is 18.8. The lowest BCUT2D eigenvalue weighted by atomic mass is 9.94. The summed E-state index contributed by atoms with van der Waals surface area (Å²) in [7, 11) is 0. The van der Waals surface area contributed by atoms with E-state index in [1.807, 2.05) is 102 Å². The van der Waals surface area contributed by atoms with Crippen molar-refractivity contribution in [1.82, 2.24) is 0 Å². The number of anilines is 3. The Morgan fingerprint density at radius 3 is 1.68 bits per heavy atom. The summed E-state index contributed by atoms with van der Waals surface area (Å²) in [4.78, 5) is 1.86. The minimum absolute atomic E-state index is 0.113. The summed E-state index contributed by atoms with van der Waals surface area (Å²) < 4.78 is 44.5. The van der Waals surface area contributed by atoms with Gasteiger partial charge in [-0.05, 0) is 108 Å². The SMILES string of the molecule is [2H]c1c([2H])c(N(c2ccc(-c3cccc4c3ccc3ccccc34)cc2)c2cccc3oc4ccccc4c23)c([2H])c([2H])c1-c1ccc(-c2cccc3ccccc23)cc1. The maximum atomic E-state index is 9.63. The number of para-hydroxylation sites is 1. The molecule has 0 aliphatic rings. The third kappa shape index (κ3) is 5.34. The largest absolute Gasteiger partial charge is 0.456 e. The molecule has 1 aromatic heterocycles. The number of benzene rings is 10. The summed E-state index contributed by atoms with van der Waals surface area (Å²) in [6, 6.07) is 62.7. The van der Waals surface area contributed by atoms with Gasteiger partial charge in [0.25, 0.3) is 0 Å². The zero-order valence-electron chi connectivity index (χ0n) is 34.3. The van der Waals surface area contributed by atoms with Gasteiger partial charge in [0.1, 0.15) is 11.2 Å². The molecule has 2 heteroatoms. The van der Waals surface area contributed by atoms with Gasteiger partial charge in [0.2, 0.25) is 0 Å². The molecule has 0 bridgehead atoms. The molecule has 0 saturated carbocycles. The zero-order valence-corrected chi connectivity index (χ0v) is 30.3. The van der Waals surface area contributed by atoms with E-state index in [4.69, 9.17) is 4.42 Å². The summed E-state index contributed by atoms with van der Waals surface area (Å²) in [5.74, 6) is 0. The van der Waals surface area contributed by atoms with Gasteiger partial charge in [0.15, 0.2) is 0 Å². The van der Waals surface area contributed by atoms with Crippen molar-refractivity contribution in [3.8, 4) is 33.4 Å². The van der Waals surface area contributed by atoms with Crippen molar-refractivity contribution >= 4 is 71.3 Å². The van der Waals surface area contributed by atoms with Crippen LogP contribution in [0.25, 0.3) is 87.6 Å². The molecule has 56 heavy (non-hydrogen) atoms. The second-order valence-electron chi connectivity index (χ2n) is 14.1. The maximum absolute atomic E-state index is 9.63. The average Bonchev–Trinajstić information content (AvgIpc) is 3.69. The van der Waals surface area contributed by atoms with Gasteiger partial charge in [0, 0.05) is 16.8 Å². The molecule has 0 fully saturated rings. The Kier molecular flexibility index (Phi) is 6.60. The van der Waals surface area contributed by atoms with Crippen molar-refractivity contribution in [3.63, 3.8) is 0 Å². The number of hydrogen-bond acceptors (Lipinski definition) is 2. The first-order chi connectivity index (χ1) is 29.4. The van der Waals surface area contributed by atoms with Crippen LogP contribution in [0.4, 0.5) is 17.1 Å². The third-order valence-electron chi connectivity index (χ3n) is 11.0. The normalized spacial score (nSPS) is 12.6. The van der Waals surface area contributed by atoms with E-state index in [2.05, 4.69) is 91.0 Å². The van der Waals surface area contributed by atoms with Crippen LogP contribution in [0.2, 0.25) is 0 Å². The minimum Gasteiger partial charge on any atom is -0.456 e. The molecule has 0 amide bonds.